The van der Waals surface area contributed by atoms with Crippen molar-refractivity contribution in [2.75, 3.05) is 40.0 Å². The number of hydrogen-bond acceptors (Lipinski definition) is 7. The van der Waals surface area contributed by atoms with E-state index >= 15 is 0 Å². The van der Waals surface area contributed by atoms with Gasteiger partial charge in [0.05, 0.1) is 44.4 Å². The number of rotatable bonds is 15. The van der Waals surface area contributed by atoms with Crippen LogP contribution in [-0.2, 0) is 23.9 Å². The van der Waals surface area contributed by atoms with E-state index in [1.165, 1.54) is 7.11 Å². The minimum atomic E-state index is -1.31. The number of ketones is 2. The Morgan fingerprint density at radius 3 is 2.35 bits per heavy atom. The zero-order valence-corrected chi connectivity index (χ0v) is 26.1. The summed E-state index contributed by atoms with van der Waals surface area (Å²) in [6.07, 6.45) is 5.44. The second-order valence-corrected chi connectivity index (χ2v) is 12.3. The van der Waals surface area contributed by atoms with E-state index < -0.39 is 35.4 Å². The van der Waals surface area contributed by atoms with Gasteiger partial charge < -0.3 is 37.5 Å². The van der Waals surface area contributed by atoms with E-state index in [0.717, 1.165) is 55.7 Å². The molecule has 4 rings (SSSR count). The first kappa shape index (κ1) is 34.4. The maximum atomic E-state index is 13.8. The number of carbonyl (C=O) groups excluding carboxylic acids is 4. The summed E-state index contributed by atoms with van der Waals surface area (Å²) in [5, 5.41) is 17.1. The quantitative estimate of drug-likeness (QED) is 0.177. The van der Waals surface area contributed by atoms with Gasteiger partial charge in [0.15, 0.2) is 18.1 Å². The van der Waals surface area contributed by atoms with Crippen molar-refractivity contribution in [3.63, 3.8) is 0 Å². The van der Waals surface area contributed by atoms with E-state index in [1.807, 2.05) is 6.92 Å². The van der Waals surface area contributed by atoms with Crippen molar-refractivity contribution in [1.82, 2.24) is 10.6 Å². The fourth-order valence-corrected chi connectivity index (χ4v) is 5.74. The number of aliphatic hydroxyl groups is 1. The topological polar surface area (TPSA) is 135 Å². The van der Waals surface area contributed by atoms with Gasteiger partial charge in [0.25, 0.3) is 5.91 Å². The normalized spacial score (nSPS) is 20.4. The summed E-state index contributed by atoms with van der Waals surface area (Å²) in [5.74, 6) is -1.74. The Labute approximate surface area is 255 Å². The molecule has 4 N–H and O–H groups in total. The molecule has 10 nitrogen and oxygen atoms in total. The Kier molecular flexibility index (Phi) is 12.5. The third-order valence-corrected chi connectivity index (χ3v) is 8.90. The largest absolute Gasteiger partial charge is 0.497 e. The van der Waals surface area contributed by atoms with Crippen molar-refractivity contribution in [2.24, 2.45) is 11.3 Å². The molecule has 1 heterocycles. The molecule has 0 aromatic heterocycles. The number of benzene rings is 1. The molecule has 238 valence electrons. The smallest absolute Gasteiger partial charge is 0.275 e. The molecule has 4 atom stereocenters. The van der Waals surface area contributed by atoms with Crippen LogP contribution in [0.15, 0.2) is 35.9 Å². The Morgan fingerprint density at radius 1 is 1.09 bits per heavy atom. The van der Waals surface area contributed by atoms with Crippen molar-refractivity contribution >= 4 is 23.4 Å². The Balaban J connectivity index is 0.00000506. The number of morpholine rings is 1. The Bertz CT molecular complexity index is 1160. The Hall–Kier alpha value is -3.08. The van der Waals surface area contributed by atoms with Gasteiger partial charge in [-0.3, -0.25) is 19.2 Å². The van der Waals surface area contributed by atoms with Crippen molar-refractivity contribution in [1.29, 1.82) is 0 Å². The number of ether oxygens (including phenoxy) is 2. The van der Waals surface area contributed by atoms with Crippen LogP contribution in [0.1, 0.15) is 70.5 Å². The maximum Gasteiger partial charge on any atom is 0.275 e. The summed E-state index contributed by atoms with van der Waals surface area (Å²) < 4.78 is 10.6. The first-order chi connectivity index (χ1) is 20.1. The van der Waals surface area contributed by atoms with Gasteiger partial charge in [-0.15, -0.1) is 0 Å². The molecular formula is C33H49N3O7. The number of carbonyl (C=O) groups is 4. The zero-order chi connectivity index (χ0) is 30.3. The molecule has 3 aliphatic rings. The van der Waals surface area contributed by atoms with E-state index in [4.69, 9.17) is 9.47 Å². The van der Waals surface area contributed by atoms with Gasteiger partial charge in [-0.25, -0.2) is 0 Å². The summed E-state index contributed by atoms with van der Waals surface area (Å²) in [5.41, 5.74) is 1.16. The predicted molar refractivity (Wildman–Crippen MR) is 162 cm³/mol. The number of allylic oxidation sites excluding steroid dienone is 1. The first-order valence-corrected chi connectivity index (χ1v) is 15.2. The van der Waals surface area contributed by atoms with Crippen molar-refractivity contribution in [3.05, 3.63) is 48.9 Å². The number of methoxy groups -OCH3 is 1. The highest BCUT2D eigenvalue weighted by Gasteiger charge is 2.48. The lowest BCUT2D eigenvalue weighted by molar-refractivity contribution is -0.900. The summed E-state index contributed by atoms with van der Waals surface area (Å²) in [4.78, 5) is 54.4. The van der Waals surface area contributed by atoms with Crippen molar-refractivity contribution in [2.45, 2.75) is 77.0 Å². The number of nitrogens with one attached hydrogen (secondary N) is 3. The second kappa shape index (κ2) is 15.6. The average molecular weight is 600 g/mol. The molecule has 1 aromatic carbocycles. The molecular weight excluding hydrogens is 550 g/mol. The first-order valence-electron chi connectivity index (χ1n) is 15.2. The Morgan fingerprint density at radius 2 is 1.77 bits per heavy atom. The van der Waals surface area contributed by atoms with E-state index in [-0.39, 0.29) is 37.9 Å². The van der Waals surface area contributed by atoms with Gasteiger partial charge in [-0.1, -0.05) is 30.7 Å². The van der Waals surface area contributed by atoms with Gasteiger partial charge >= 0.3 is 0 Å². The van der Waals surface area contributed by atoms with E-state index in [9.17, 15) is 24.3 Å². The molecule has 1 saturated carbocycles. The van der Waals surface area contributed by atoms with Crippen LogP contribution in [0.4, 0.5) is 0 Å². The summed E-state index contributed by atoms with van der Waals surface area (Å²) in [7, 11) is 1.54. The zero-order valence-electron chi connectivity index (χ0n) is 26.1. The number of aliphatic hydroxyl groups excluding tert-OH is 1. The molecule has 0 unspecified atom stereocenters. The fraction of sp³-hybridized carbons (Fsp3) is 0.606. The van der Waals surface area contributed by atoms with Gasteiger partial charge in [0.2, 0.25) is 5.91 Å². The van der Waals surface area contributed by atoms with Crippen molar-refractivity contribution < 1.29 is 38.7 Å². The molecule has 2 aliphatic carbocycles. The fourth-order valence-electron chi connectivity index (χ4n) is 5.74. The number of Topliss-reactive ketones (excluding diaryl/α,β-unsaturated/α-hetero) is 2. The van der Waals surface area contributed by atoms with Gasteiger partial charge in [0, 0.05) is 11.8 Å². The van der Waals surface area contributed by atoms with Gasteiger partial charge in [-0.05, 0) is 63.1 Å². The van der Waals surface area contributed by atoms with Crippen LogP contribution in [0.5, 0.6) is 5.75 Å². The van der Waals surface area contributed by atoms with Crippen LogP contribution < -0.4 is 20.3 Å². The van der Waals surface area contributed by atoms with Crippen LogP contribution in [0.2, 0.25) is 0 Å². The molecule has 1 aromatic rings. The third kappa shape index (κ3) is 9.45. The van der Waals surface area contributed by atoms with Crippen LogP contribution in [0.3, 0.4) is 0 Å². The molecule has 0 spiro atoms. The van der Waals surface area contributed by atoms with E-state index in [1.54, 1.807) is 31.2 Å². The van der Waals surface area contributed by atoms with Crippen LogP contribution in [0, 0.1) is 18.8 Å². The lowest BCUT2D eigenvalue weighted by Gasteiger charge is -2.28. The summed E-state index contributed by atoms with van der Waals surface area (Å²) in [6.45, 7) is 6.39. The lowest BCUT2D eigenvalue weighted by atomic mass is 9.87. The highest BCUT2D eigenvalue weighted by atomic mass is 16.5. The monoisotopic (exact) mass is 599 g/mol. The molecule has 10 heteroatoms. The molecule has 0 bridgehead atoms. The molecule has 43 heavy (non-hydrogen) atoms. The van der Waals surface area contributed by atoms with Crippen LogP contribution in [0.25, 0.3) is 0 Å². The van der Waals surface area contributed by atoms with Gasteiger partial charge in [-0.2, -0.15) is 0 Å². The minimum absolute atomic E-state index is 0. The third-order valence-electron chi connectivity index (χ3n) is 8.90. The van der Waals surface area contributed by atoms with E-state index in [0.29, 0.717) is 30.9 Å². The van der Waals surface area contributed by atoms with Crippen LogP contribution in [-0.4, -0.2) is 80.5 Å². The van der Waals surface area contributed by atoms with Gasteiger partial charge in [0.1, 0.15) is 18.8 Å². The molecule has 0 radical (unpaired) electrons. The lowest BCUT2D eigenvalue weighted by Crippen LogP contribution is -3.15. The maximum absolute atomic E-state index is 13.8. The van der Waals surface area contributed by atoms with Crippen LogP contribution >= 0.6 is 0 Å². The minimum Gasteiger partial charge on any atom is -0.497 e. The average Bonchev–Trinajstić information content (AvgIpc) is 3.53. The number of amides is 2. The molecule has 1 saturated heterocycles. The standard InChI is InChI=1S/C32H45N3O7.CH3/c1-21(33-28(37)20-35-14-16-42-17-15-35)27(36)19-25(29(38)23-8-10-24(41-3)11-9-23)31(40)34-26(18-22-6-4-5-7-22)30(39)32(2)12-13-32;/h6,8-11,21,25-26,29,38H,4-5,7,12-20H2,1-3H3,(H,33,37)(H,34,40);1H3/q;-1/p+1/t21-,25-,26-,29+;/m0./s1. The molecule has 2 amide bonds. The summed E-state index contributed by atoms with van der Waals surface area (Å²) >= 11 is 0. The second-order valence-electron chi connectivity index (χ2n) is 12.3. The number of quaternary nitrogens is 1. The van der Waals surface area contributed by atoms with Crippen molar-refractivity contribution in [3.8, 4) is 5.75 Å². The summed E-state index contributed by atoms with van der Waals surface area (Å²) in [6, 6.07) is 5.10. The highest BCUT2D eigenvalue weighted by Crippen LogP contribution is 2.47. The van der Waals surface area contributed by atoms with E-state index in [2.05, 4.69) is 16.7 Å². The predicted octanol–water partition coefficient (Wildman–Crippen LogP) is 1.53. The molecule has 2 fully saturated rings. The number of hydrogen-bond donors (Lipinski definition) is 4. The SMILES string of the molecule is COc1ccc([C@@H](O)[C@H](CC(=O)[C@H](C)NC(=O)C[NH+]2CCOCC2)C(=O)N[C@@H](CC2=CCCC2)C(=O)C2(C)CC2)cc1.[CH3-]. The molecule has 1 aliphatic heterocycles. The highest BCUT2D eigenvalue weighted by molar-refractivity contribution is 5.97.